The van der Waals surface area contributed by atoms with E-state index < -0.39 is 15.3 Å². The van der Waals surface area contributed by atoms with E-state index in [9.17, 15) is 8.42 Å². The lowest BCUT2D eigenvalue weighted by atomic mass is 10.3. The van der Waals surface area contributed by atoms with Gasteiger partial charge in [0.15, 0.2) is 0 Å². The van der Waals surface area contributed by atoms with Crippen LogP contribution in [0.2, 0.25) is 0 Å². The van der Waals surface area contributed by atoms with Gasteiger partial charge in [-0.25, -0.2) is 8.42 Å². The number of hydrogen-bond acceptors (Lipinski definition) is 3. The standard InChI is InChI=1S/C11H17NO3S/c1-9(2)16(13,14)12(3)10-7-5-6-8-11(10)15-4/h5-9H,1-4H3. The van der Waals surface area contributed by atoms with Crippen molar-refractivity contribution in [2.24, 2.45) is 0 Å². The minimum Gasteiger partial charge on any atom is -0.495 e. The molecule has 0 aromatic heterocycles. The van der Waals surface area contributed by atoms with Gasteiger partial charge in [0.25, 0.3) is 0 Å². The highest BCUT2D eigenvalue weighted by molar-refractivity contribution is 7.93. The third-order valence-electron chi connectivity index (χ3n) is 2.40. The number of benzene rings is 1. The lowest BCUT2D eigenvalue weighted by molar-refractivity contribution is 0.415. The molecule has 0 aliphatic rings. The molecule has 0 unspecified atom stereocenters. The topological polar surface area (TPSA) is 46.6 Å². The van der Waals surface area contributed by atoms with Gasteiger partial charge in [-0.3, -0.25) is 4.31 Å². The number of nitrogens with zero attached hydrogens (tertiary/aromatic N) is 1. The summed E-state index contributed by atoms with van der Waals surface area (Å²) in [6, 6.07) is 7.04. The van der Waals surface area contributed by atoms with Crippen LogP contribution in [0.1, 0.15) is 13.8 Å². The van der Waals surface area contributed by atoms with Gasteiger partial charge in [-0.15, -0.1) is 0 Å². The second-order valence-electron chi connectivity index (χ2n) is 3.73. The van der Waals surface area contributed by atoms with Crippen molar-refractivity contribution in [2.45, 2.75) is 19.1 Å². The molecular formula is C11H17NO3S. The lowest BCUT2D eigenvalue weighted by Crippen LogP contribution is -2.33. The summed E-state index contributed by atoms with van der Waals surface area (Å²) < 4.78 is 30.3. The van der Waals surface area contributed by atoms with Crippen LogP contribution in [0.4, 0.5) is 5.69 Å². The van der Waals surface area contributed by atoms with E-state index in [1.807, 2.05) is 0 Å². The van der Waals surface area contributed by atoms with Gasteiger partial charge in [0, 0.05) is 7.05 Å². The van der Waals surface area contributed by atoms with E-state index in [4.69, 9.17) is 4.74 Å². The molecule has 0 N–H and O–H groups in total. The van der Waals surface area contributed by atoms with Crippen LogP contribution in [0.15, 0.2) is 24.3 Å². The minimum atomic E-state index is -3.31. The van der Waals surface area contributed by atoms with Gasteiger partial charge in [0.1, 0.15) is 5.75 Å². The van der Waals surface area contributed by atoms with Crippen LogP contribution in [0.5, 0.6) is 5.75 Å². The molecule has 4 nitrogen and oxygen atoms in total. The Balaban J connectivity index is 3.20. The van der Waals surface area contributed by atoms with E-state index in [1.165, 1.54) is 18.5 Å². The first-order chi connectivity index (χ1) is 7.41. The second-order valence-corrected chi connectivity index (χ2v) is 6.25. The van der Waals surface area contributed by atoms with E-state index in [0.717, 1.165) is 0 Å². The zero-order valence-corrected chi connectivity index (χ0v) is 10.8. The highest BCUT2D eigenvalue weighted by atomic mass is 32.2. The van der Waals surface area contributed by atoms with Crippen molar-refractivity contribution in [1.29, 1.82) is 0 Å². The molecule has 0 heterocycles. The third kappa shape index (κ3) is 2.29. The Kier molecular flexibility index (Phi) is 3.80. The molecule has 0 radical (unpaired) electrons. The van der Waals surface area contributed by atoms with Gasteiger partial charge in [0.05, 0.1) is 18.0 Å². The number of rotatable bonds is 4. The summed E-state index contributed by atoms with van der Waals surface area (Å²) >= 11 is 0. The first-order valence-electron chi connectivity index (χ1n) is 5.02. The fourth-order valence-corrected chi connectivity index (χ4v) is 2.40. The summed E-state index contributed by atoms with van der Waals surface area (Å²) in [6.45, 7) is 3.31. The predicted molar refractivity (Wildman–Crippen MR) is 65.5 cm³/mol. The van der Waals surface area contributed by atoms with E-state index in [-0.39, 0.29) is 0 Å². The van der Waals surface area contributed by atoms with E-state index >= 15 is 0 Å². The second kappa shape index (κ2) is 4.74. The van der Waals surface area contributed by atoms with Crippen molar-refractivity contribution in [1.82, 2.24) is 0 Å². The highest BCUT2D eigenvalue weighted by Crippen LogP contribution is 2.29. The zero-order chi connectivity index (χ0) is 12.3. The van der Waals surface area contributed by atoms with Crippen molar-refractivity contribution in [2.75, 3.05) is 18.5 Å². The first-order valence-corrected chi connectivity index (χ1v) is 6.52. The number of methoxy groups -OCH3 is 1. The highest BCUT2D eigenvalue weighted by Gasteiger charge is 2.24. The van der Waals surface area contributed by atoms with Gasteiger partial charge in [-0.1, -0.05) is 12.1 Å². The Morgan fingerprint density at radius 3 is 2.31 bits per heavy atom. The molecule has 1 rings (SSSR count). The Bertz CT molecular complexity index is 454. The van der Waals surface area contributed by atoms with Crippen LogP contribution in [0.25, 0.3) is 0 Å². The summed E-state index contributed by atoms with van der Waals surface area (Å²) in [7, 11) is -0.252. The van der Waals surface area contributed by atoms with Gasteiger partial charge in [-0.05, 0) is 26.0 Å². The third-order valence-corrected chi connectivity index (χ3v) is 4.55. The van der Waals surface area contributed by atoms with Crippen LogP contribution in [-0.4, -0.2) is 27.8 Å². The number of ether oxygens (including phenoxy) is 1. The van der Waals surface area contributed by atoms with Crippen LogP contribution in [0, 0.1) is 0 Å². The fourth-order valence-electron chi connectivity index (χ4n) is 1.34. The molecule has 16 heavy (non-hydrogen) atoms. The number of hydrogen-bond donors (Lipinski definition) is 0. The van der Waals surface area contributed by atoms with Gasteiger partial charge in [0.2, 0.25) is 10.0 Å². The molecule has 5 heteroatoms. The maximum atomic E-state index is 12.0. The summed E-state index contributed by atoms with van der Waals surface area (Å²) in [4.78, 5) is 0. The van der Waals surface area contributed by atoms with Crippen LogP contribution < -0.4 is 9.04 Å². The van der Waals surface area contributed by atoms with Crippen LogP contribution in [0.3, 0.4) is 0 Å². The van der Waals surface area contributed by atoms with Crippen molar-refractivity contribution in [3.8, 4) is 5.75 Å². The van der Waals surface area contributed by atoms with E-state index in [0.29, 0.717) is 11.4 Å². The molecule has 90 valence electrons. The maximum absolute atomic E-state index is 12.0. The predicted octanol–water partition coefficient (Wildman–Crippen LogP) is 1.87. The first kappa shape index (κ1) is 12.8. The quantitative estimate of drug-likeness (QED) is 0.811. The molecule has 1 aromatic carbocycles. The molecule has 0 saturated heterocycles. The monoisotopic (exact) mass is 243 g/mol. The number of sulfonamides is 1. The molecule has 0 spiro atoms. The SMILES string of the molecule is COc1ccccc1N(C)S(=O)(=O)C(C)C. The van der Waals surface area contributed by atoms with Gasteiger partial charge < -0.3 is 4.74 Å². The largest absolute Gasteiger partial charge is 0.495 e. The Morgan fingerprint density at radius 2 is 1.81 bits per heavy atom. The normalized spacial score (nSPS) is 11.6. The Morgan fingerprint density at radius 1 is 1.25 bits per heavy atom. The number of anilines is 1. The number of para-hydroxylation sites is 2. The molecule has 0 aliphatic heterocycles. The average Bonchev–Trinajstić information content (AvgIpc) is 2.27. The summed E-state index contributed by atoms with van der Waals surface area (Å²) in [5.74, 6) is 0.550. The Hall–Kier alpha value is -1.23. The van der Waals surface area contributed by atoms with Crippen LogP contribution in [-0.2, 0) is 10.0 Å². The average molecular weight is 243 g/mol. The summed E-state index contributed by atoms with van der Waals surface area (Å²) in [6.07, 6.45) is 0. The van der Waals surface area contributed by atoms with E-state index in [2.05, 4.69) is 0 Å². The Labute approximate surface area is 96.9 Å². The summed E-state index contributed by atoms with van der Waals surface area (Å²) in [5.41, 5.74) is 0.554. The van der Waals surface area contributed by atoms with Crippen molar-refractivity contribution >= 4 is 15.7 Å². The smallest absolute Gasteiger partial charge is 0.237 e. The molecular weight excluding hydrogens is 226 g/mol. The zero-order valence-electron chi connectivity index (χ0n) is 9.97. The van der Waals surface area contributed by atoms with Gasteiger partial charge in [-0.2, -0.15) is 0 Å². The van der Waals surface area contributed by atoms with Gasteiger partial charge >= 0.3 is 0 Å². The van der Waals surface area contributed by atoms with Crippen LogP contribution >= 0.6 is 0 Å². The summed E-state index contributed by atoms with van der Waals surface area (Å²) in [5, 5.41) is -0.456. The fraction of sp³-hybridized carbons (Fsp3) is 0.455. The molecule has 0 amide bonds. The molecule has 0 saturated carbocycles. The molecule has 0 aliphatic carbocycles. The molecule has 0 atom stereocenters. The van der Waals surface area contributed by atoms with Crippen molar-refractivity contribution < 1.29 is 13.2 Å². The molecule has 0 fully saturated rings. The lowest BCUT2D eigenvalue weighted by Gasteiger charge is -2.23. The molecule has 1 aromatic rings. The minimum absolute atomic E-state index is 0.456. The van der Waals surface area contributed by atoms with Crippen molar-refractivity contribution in [3.05, 3.63) is 24.3 Å². The van der Waals surface area contributed by atoms with Crippen molar-refractivity contribution in [3.63, 3.8) is 0 Å². The maximum Gasteiger partial charge on any atom is 0.237 e. The van der Waals surface area contributed by atoms with E-state index in [1.54, 1.807) is 38.1 Å². The molecule has 0 bridgehead atoms.